The first kappa shape index (κ1) is 18.7. The second-order valence-electron chi connectivity index (χ2n) is 6.24. The highest BCUT2D eigenvalue weighted by Gasteiger charge is 2.22. The summed E-state index contributed by atoms with van der Waals surface area (Å²) in [5.74, 6) is -0.536. The molecule has 2 aromatic rings. The van der Waals surface area contributed by atoms with Gasteiger partial charge in [-0.3, -0.25) is 14.9 Å². The van der Waals surface area contributed by atoms with E-state index in [2.05, 4.69) is 4.98 Å². The first-order valence-electron chi connectivity index (χ1n) is 8.51. The predicted octanol–water partition coefficient (Wildman–Crippen LogP) is 2.55. The van der Waals surface area contributed by atoms with Crippen molar-refractivity contribution >= 4 is 17.4 Å². The number of amides is 1. The number of aryl methyl sites for hydroxylation is 1. The quantitative estimate of drug-likeness (QED) is 0.592. The summed E-state index contributed by atoms with van der Waals surface area (Å²) in [6.45, 7) is 2.04. The Labute approximate surface area is 154 Å². The third-order valence-electron chi connectivity index (χ3n) is 4.52. The van der Waals surface area contributed by atoms with E-state index in [1.165, 1.54) is 12.3 Å². The van der Waals surface area contributed by atoms with Gasteiger partial charge in [-0.1, -0.05) is 0 Å². The van der Waals surface area contributed by atoms with E-state index >= 15 is 0 Å². The Balaban J connectivity index is 1.51. The van der Waals surface area contributed by atoms with Gasteiger partial charge in [0.1, 0.15) is 23.6 Å². The molecule has 1 aliphatic rings. The van der Waals surface area contributed by atoms with Gasteiger partial charge < -0.3 is 9.80 Å². The third-order valence-corrected chi connectivity index (χ3v) is 4.52. The number of benzene rings is 1. The Morgan fingerprint density at radius 1 is 1.15 bits per heavy atom. The van der Waals surface area contributed by atoms with E-state index in [9.17, 15) is 23.7 Å². The van der Waals surface area contributed by atoms with Crippen LogP contribution in [-0.2, 0) is 11.2 Å². The smallest absolute Gasteiger partial charge is 0.287 e. The van der Waals surface area contributed by atoms with E-state index in [1.54, 1.807) is 11.0 Å². The minimum Gasteiger partial charge on any atom is -0.353 e. The Hall–Kier alpha value is -3.10. The second kappa shape index (κ2) is 8.07. The van der Waals surface area contributed by atoms with Gasteiger partial charge in [0, 0.05) is 38.7 Å². The standard InChI is InChI=1S/C18H18F2N4O3/c19-14-2-4-16(20)13(11-14)1-6-18(25)23-9-7-22(8-10-23)17-5-3-15(12-21-17)24(26)27/h2-5,11-12H,1,6-10H2. The van der Waals surface area contributed by atoms with Crippen molar-refractivity contribution in [3.63, 3.8) is 0 Å². The summed E-state index contributed by atoms with van der Waals surface area (Å²) < 4.78 is 26.8. The molecule has 1 amide bonds. The average molecular weight is 376 g/mol. The third kappa shape index (κ3) is 4.55. The molecule has 1 fully saturated rings. The highest BCUT2D eigenvalue weighted by atomic mass is 19.1. The number of hydrogen-bond acceptors (Lipinski definition) is 5. The van der Waals surface area contributed by atoms with Crippen molar-refractivity contribution in [2.75, 3.05) is 31.1 Å². The van der Waals surface area contributed by atoms with Crippen LogP contribution in [-0.4, -0.2) is 46.9 Å². The van der Waals surface area contributed by atoms with Crippen LogP contribution in [0.1, 0.15) is 12.0 Å². The number of halogens is 2. The van der Waals surface area contributed by atoms with Crippen LogP contribution in [0.3, 0.4) is 0 Å². The molecule has 2 heterocycles. The van der Waals surface area contributed by atoms with Crippen molar-refractivity contribution < 1.29 is 18.5 Å². The van der Waals surface area contributed by atoms with Crippen molar-refractivity contribution in [2.24, 2.45) is 0 Å². The van der Waals surface area contributed by atoms with Gasteiger partial charge in [-0.05, 0) is 36.2 Å². The zero-order valence-corrected chi connectivity index (χ0v) is 14.5. The number of piperazine rings is 1. The van der Waals surface area contributed by atoms with Gasteiger partial charge in [-0.15, -0.1) is 0 Å². The predicted molar refractivity (Wildman–Crippen MR) is 94.4 cm³/mol. The lowest BCUT2D eigenvalue weighted by molar-refractivity contribution is -0.385. The maximum absolute atomic E-state index is 13.6. The molecule has 1 aromatic carbocycles. The number of rotatable bonds is 5. The van der Waals surface area contributed by atoms with Crippen molar-refractivity contribution in [2.45, 2.75) is 12.8 Å². The van der Waals surface area contributed by atoms with Crippen molar-refractivity contribution in [1.29, 1.82) is 0 Å². The van der Waals surface area contributed by atoms with E-state index < -0.39 is 16.6 Å². The molecule has 0 atom stereocenters. The monoisotopic (exact) mass is 376 g/mol. The molecule has 9 heteroatoms. The van der Waals surface area contributed by atoms with Gasteiger partial charge in [0.05, 0.1) is 4.92 Å². The van der Waals surface area contributed by atoms with Crippen LogP contribution in [0.4, 0.5) is 20.3 Å². The lowest BCUT2D eigenvalue weighted by Gasteiger charge is -2.35. The molecule has 0 aliphatic carbocycles. The normalized spacial score (nSPS) is 14.3. The van der Waals surface area contributed by atoms with Gasteiger partial charge in [0.2, 0.25) is 5.91 Å². The molecule has 3 rings (SSSR count). The van der Waals surface area contributed by atoms with E-state index in [0.29, 0.717) is 32.0 Å². The SMILES string of the molecule is O=C(CCc1cc(F)ccc1F)N1CCN(c2ccc([N+](=O)[O-])cn2)CC1. The molecule has 0 unspecified atom stereocenters. The average Bonchev–Trinajstić information content (AvgIpc) is 2.68. The molecule has 0 radical (unpaired) electrons. The Morgan fingerprint density at radius 3 is 2.52 bits per heavy atom. The molecule has 0 saturated carbocycles. The molecule has 1 saturated heterocycles. The van der Waals surface area contributed by atoms with Crippen LogP contribution < -0.4 is 4.90 Å². The van der Waals surface area contributed by atoms with Gasteiger partial charge in [-0.25, -0.2) is 13.8 Å². The Bertz CT molecular complexity index is 837. The summed E-state index contributed by atoms with van der Waals surface area (Å²) in [5.41, 5.74) is 0.120. The van der Waals surface area contributed by atoms with Gasteiger partial charge in [0.15, 0.2) is 0 Å². The molecular weight excluding hydrogens is 358 g/mol. The topological polar surface area (TPSA) is 79.6 Å². The minimum absolute atomic E-state index is 0.0721. The number of aromatic nitrogens is 1. The molecule has 142 valence electrons. The van der Waals surface area contributed by atoms with Crippen molar-refractivity contribution in [3.8, 4) is 0 Å². The van der Waals surface area contributed by atoms with Gasteiger partial charge in [0.25, 0.3) is 5.69 Å². The molecule has 0 N–H and O–H groups in total. The number of carbonyl (C=O) groups is 1. The van der Waals surface area contributed by atoms with Gasteiger partial charge >= 0.3 is 0 Å². The number of hydrogen-bond donors (Lipinski definition) is 0. The molecule has 1 aliphatic heterocycles. The van der Waals surface area contributed by atoms with E-state index in [-0.39, 0.29) is 30.0 Å². The van der Waals surface area contributed by atoms with E-state index in [4.69, 9.17) is 0 Å². The van der Waals surface area contributed by atoms with Crippen LogP contribution >= 0.6 is 0 Å². The molecule has 27 heavy (non-hydrogen) atoms. The zero-order chi connectivity index (χ0) is 19.4. The highest BCUT2D eigenvalue weighted by molar-refractivity contribution is 5.76. The lowest BCUT2D eigenvalue weighted by Crippen LogP contribution is -2.49. The number of nitro groups is 1. The second-order valence-corrected chi connectivity index (χ2v) is 6.24. The van der Waals surface area contributed by atoms with Crippen LogP contribution in [0.15, 0.2) is 36.5 Å². The lowest BCUT2D eigenvalue weighted by atomic mass is 10.1. The zero-order valence-electron chi connectivity index (χ0n) is 14.5. The summed E-state index contributed by atoms with van der Waals surface area (Å²) in [6, 6.07) is 6.20. The summed E-state index contributed by atoms with van der Waals surface area (Å²) in [6.07, 6.45) is 1.46. The number of anilines is 1. The van der Waals surface area contributed by atoms with Crippen molar-refractivity contribution in [3.05, 3.63) is 63.8 Å². The molecule has 1 aromatic heterocycles. The number of pyridine rings is 1. The minimum atomic E-state index is -0.525. The maximum atomic E-state index is 13.6. The summed E-state index contributed by atoms with van der Waals surface area (Å²) >= 11 is 0. The van der Waals surface area contributed by atoms with Crippen LogP contribution in [0.2, 0.25) is 0 Å². The Kier molecular flexibility index (Phi) is 5.58. The summed E-state index contributed by atoms with van der Waals surface area (Å²) in [5, 5.41) is 10.7. The first-order valence-corrected chi connectivity index (χ1v) is 8.51. The van der Waals surface area contributed by atoms with Crippen molar-refractivity contribution in [1.82, 2.24) is 9.88 Å². The van der Waals surface area contributed by atoms with Crippen LogP contribution in [0.5, 0.6) is 0 Å². The fourth-order valence-electron chi connectivity index (χ4n) is 2.99. The molecule has 7 nitrogen and oxygen atoms in total. The number of carbonyl (C=O) groups excluding carboxylic acids is 1. The van der Waals surface area contributed by atoms with E-state index in [0.717, 1.165) is 18.2 Å². The number of nitrogens with zero attached hydrogens (tertiary/aromatic N) is 4. The molecule has 0 spiro atoms. The fraction of sp³-hybridized carbons (Fsp3) is 0.333. The molecule has 0 bridgehead atoms. The molecular formula is C18H18F2N4O3. The maximum Gasteiger partial charge on any atom is 0.287 e. The van der Waals surface area contributed by atoms with Crippen LogP contribution in [0, 0.1) is 21.7 Å². The summed E-state index contributed by atoms with van der Waals surface area (Å²) in [4.78, 5) is 30.2. The fourth-order valence-corrected chi connectivity index (χ4v) is 2.99. The highest BCUT2D eigenvalue weighted by Crippen LogP contribution is 2.18. The van der Waals surface area contributed by atoms with Crippen LogP contribution in [0.25, 0.3) is 0 Å². The largest absolute Gasteiger partial charge is 0.353 e. The first-order chi connectivity index (χ1) is 12.9. The summed E-state index contributed by atoms with van der Waals surface area (Å²) in [7, 11) is 0. The van der Waals surface area contributed by atoms with E-state index in [1.807, 2.05) is 4.90 Å². The Morgan fingerprint density at radius 2 is 1.89 bits per heavy atom. The van der Waals surface area contributed by atoms with Gasteiger partial charge in [-0.2, -0.15) is 0 Å².